The Kier molecular flexibility index (Phi) is 5.43. The van der Waals surface area contributed by atoms with Gasteiger partial charge in [-0.2, -0.15) is 13.2 Å². The second-order valence-corrected chi connectivity index (χ2v) is 6.55. The SMILES string of the molecule is COC(=O)[C@@H](N)Cc1cccc2c(-c3c(C(F)(F)F)ccn(C)c3=O)cncc12. The molecule has 2 heterocycles. The van der Waals surface area contributed by atoms with Crippen molar-refractivity contribution in [2.45, 2.75) is 18.6 Å². The van der Waals surface area contributed by atoms with Crippen molar-refractivity contribution >= 4 is 16.7 Å². The molecule has 0 amide bonds. The predicted molar refractivity (Wildman–Crippen MR) is 101 cm³/mol. The zero-order valence-corrected chi connectivity index (χ0v) is 15.7. The highest BCUT2D eigenvalue weighted by molar-refractivity contribution is 5.98. The number of halogens is 3. The van der Waals surface area contributed by atoms with Crippen LogP contribution in [-0.2, 0) is 29.2 Å². The Morgan fingerprint density at radius 2 is 1.97 bits per heavy atom. The van der Waals surface area contributed by atoms with Crippen LogP contribution in [0.3, 0.4) is 0 Å². The first kappa shape index (κ1) is 20.5. The maximum atomic E-state index is 13.6. The lowest BCUT2D eigenvalue weighted by atomic mass is 9.94. The molecule has 0 fully saturated rings. The molecule has 2 aromatic heterocycles. The van der Waals surface area contributed by atoms with E-state index in [9.17, 15) is 22.8 Å². The van der Waals surface area contributed by atoms with Crippen molar-refractivity contribution in [1.29, 1.82) is 0 Å². The van der Waals surface area contributed by atoms with Gasteiger partial charge in [0.05, 0.1) is 18.2 Å². The van der Waals surface area contributed by atoms with Crippen LogP contribution < -0.4 is 11.3 Å². The summed E-state index contributed by atoms with van der Waals surface area (Å²) in [4.78, 5) is 28.3. The van der Waals surface area contributed by atoms with Gasteiger partial charge >= 0.3 is 12.1 Å². The molecule has 0 aliphatic carbocycles. The van der Waals surface area contributed by atoms with Crippen LogP contribution in [0.25, 0.3) is 21.9 Å². The molecule has 9 heteroatoms. The number of pyridine rings is 2. The van der Waals surface area contributed by atoms with Crippen LogP contribution in [0.15, 0.2) is 47.7 Å². The number of rotatable bonds is 4. The molecule has 1 atom stereocenters. The Bertz CT molecular complexity index is 1140. The number of fused-ring (bicyclic) bond motifs is 1. The number of nitrogens with zero attached hydrogens (tertiary/aromatic N) is 2. The number of nitrogens with two attached hydrogens (primary N) is 1. The van der Waals surface area contributed by atoms with E-state index in [4.69, 9.17) is 5.73 Å². The smallest absolute Gasteiger partial charge is 0.417 e. The highest BCUT2D eigenvalue weighted by Crippen LogP contribution is 2.37. The summed E-state index contributed by atoms with van der Waals surface area (Å²) >= 11 is 0. The molecule has 29 heavy (non-hydrogen) atoms. The van der Waals surface area contributed by atoms with Crippen LogP contribution >= 0.6 is 0 Å². The first-order valence-electron chi connectivity index (χ1n) is 8.61. The van der Waals surface area contributed by atoms with E-state index in [1.165, 1.54) is 26.6 Å². The Labute approximate surface area is 163 Å². The molecule has 0 spiro atoms. The third kappa shape index (κ3) is 3.86. The topological polar surface area (TPSA) is 87.2 Å². The fourth-order valence-electron chi connectivity index (χ4n) is 3.23. The summed E-state index contributed by atoms with van der Waals surface area (Å²) in [5.74, 6) is -0.609. The largest absolute Gasteiger partial charge is 0.468 e. The molecule has 6 nitrogen and oxygen atoms in total. The summed E-state index contributed by atoms with van der Waals surface area (Å²) in [5.41, 5.74) is 4.20. The fraction of sp³-hybridized carbons (Fsp3) is 0.250. The number of methoxy groups -OCH3 is 1. The maximum Gasteiger partial charge on any atom is 0.417 e. The van der Waals surface area contributed by atoms with Crippen molar-refractivity contribution in [3.8, 4) is 11.1 Å². The van der Waals surface area contributed by atoms with Crippen LogP contribution in [-0.4, -0.2) is 28.7 Å². The number of ether oxygens (including phenoxy) is 1. The molecule has 152 valence electrons. The number of carbonyl (C=O) groups is 1. The van der Waals surface area contributed by atoms with E-state index in [1.807, 2.05) is 0 Å². The Morgan fingerprint density at radius 1 is 1.24 bits per heavy atom. The number of alkyl halides is 3. The van der Waals surface area contributed by atoms with Crippen molar-refractivity contribution in [1.82, 2.24) is 9.55 Å². The molecule has 0 aliphatic heterocycles. The van der Waals surface area contributed by atoms with Crippen LogP contribution in [0.4, 0.5) is 13.2 Å². The van der Waals surface area contributed by atoms with Gasteiger partial charge in [-0.3, -0.25) is 14.6 Å². The lowest BCUT2D eigenvalue weighted by molar-refractivity contribution is -0.142. The first-order chi connectivity index (χ1) is 13.6. The first-order valence-corrected chi connectivity index (χ1v) is 8.61. The number of aryl methyl sites for hydroxylation is 1. The van der Waals surface area contributed by atoms with E-state index in [1.54, 1.807) is 18.2 Å². The third-order valence-electron chi connectivity index (χ3n) is 4.68. The summed E-state index contributed by atoms with van der Waals surface area (Å²) < 4.78 is 46.5. The summed E-state index contributed by atoms with van der Waals surface area (Å²) in [6.07, 6.45) is -0.824. The van der Waals surface area contributed by atoms with E-state index >= 15 is 0 Å². The highest BCUT2D eigenvalue weighted by Gasteiger charge is 2.35. The highest BCUT2D eigenvalue weighted by atomic mass is 19.4. The molecule has 1 aromatic carbocycles. The van der Waals surface area contributed by atoms with Gasteiger partial charge in [0.1, 0.15) is 6.04 Å². The van der Waals surface area contributed by atoms with Gasteiger partial charge in [0, 0.05) is 36.6 Å². The Hall–Kier alpha value is -3.20. The van der Waals surface area contributed by atoms with Crippen LogP contribution in [0, 0.1) is 0 Å². The predicted octanol–water partition coefficient (Wildman–Crippen LogP) is 2.66. The number of hydrogen-bond donors (Lipinski definition) is 1. The molecule has 0 saturated carbocycles. The Balaban J connectivity index is 2.27. The van der Waals surface area contributed by atoms with Gasteiger partial charge < -0.3 is 15.0 Å². The molecule has 0 radical (unpaired) electrons. The van der Waals surface area contributed by atoms with Crippen molar-refractivity contribution in [3.63, 3.8) is 0 Å². The fourth-order valence-corrected chi connectivity index (χ4v) is 3.23. The van der Waals surface area contributed by atoms with Gasteiger partial charge in [0.2, 0.25) is 0 Å². The molecule has 0 bridgehead atoms. The minimum atomic E-state index is -4.71. The number of esters is 1. The third-order valence-corrected chi connectivity index (χ3v) is 4.68. The summed E-state index contributed by atoms with van der Waals surface area (Å²) in [6.45, 7) is 0. The van der Waals surface area contributed by atoms with Crippen LogP contribution in [0.5, 0.6) is 0 Å². The molecule has 2 N–H and O–H groups in total. The Morgan fingerprint density at radius 3 is 2.62 bits per heavy atom. The van der Waals surface area contributed by atoms with Gasteiger partial charge in [0.25, 0.3) is 5.56 Å². The average Bonchev–Trinajstić information content (AvgIpc) is 2.68. The van der Waals surface area contributed by atoms with Gasteiger partial charge in [0.15, 0.2) is 0 Å². The summed E-state index contributed by atoms with van der Waals surface area (Å²) in [7, 11) is 2.60. The second-order valence-electron chi connectivity index (χ2n) is 6.55. The number of aromatic nitrogens is 2. The minimum Gasteiger partial charge on any atom is -0.468 e. The quantitative estimate of drug-likeness (QED) is 0.675. The zero-order valence-electron chi connectivity index (χ0n) is 15.7. The van der Waals surface area contributed by atoms with E-state index < -0.39 is 34.9 Å². The van der Waals surface area contributed by atoms with E-state index in [0.717, 1.165) is 16.8 Å². The van der Waals surface area contributed by atoms with Crippen molar-refractivity contribution in [2.24, 2.45) is 12.8 Å². The lowest BCUT2D eigenvalue weighted by Gasteiger charge is -2.16. The second kappa shape index (κ2) is 7.67. The van der Waals surface area contributed by atoms with Crippen molar-refractivity contribution < 1.29 is 22.7 Å². The number of carbonyl (C=O) groups excluding carboxylic acids is 1. The van der Waals surface area contributed by atoms with Gasteiger partial charge in [-0.15, -0.1) is 0 Å². The van der Waals surface area contributed by atoms with E-state index in [2.05, 4.69) is 9.72 Å². The molecular formula is C20H18F3N3O3. The van der Waals surface area contributed by atoms with E-state index in [0.29, 0.717) is 16.3 Å². The monoisotopic (exact) mass is 405 g/mol. The zero-order chi connectivity index (χ0) is 21.3. The molecule has 0 unspecified atom stereocenters. The maximum absolute atomic E-state index is 13.6. The van der Waals surface area contributed by atoms with Crippen molar-refractivity contribution in [2.75, 3.05) is 7.11 Å². The summed E-state index contributed by atoms with van der Waals surface area (Å²) in [5, 5.41) is 0.909. The van der Waals surface area contributed by atoms with Gasteiger partial charge in [-0.05, 0) is 23.4 Å². The molecule has 0 aliphatic rings. The molecule has 0 saturated heterocycles. The van der Waals surface area contributed by atoms with Crippen molar-refractivity contribution in [3.05, 3.63) is 64.3 Å². The number of hydrogen-bond acceptors (Lipinski definition) is 5. The van der Waals surface area contributed by atoms with Gasteiger partial charge in [-0.25, -0.2) is 0 Å². The number of benzene rings is 1. The molecular weight excluding hydrogens is 387 g/mol. The van der Waals surface area contributed by atoms with Crippen LogP contribution in [0.1, 0.15) is 11.1 Å². The van der Waals surface area contributed by atoms with Gasteiger partial charge in [-0.1, -0.05) is 18.2 Å². The lowest BCUT2D eigenvalue weighted by Crippen LogP contribution is -2.33. The summed E-state index contributed by atoms with van der Waals surface area (Å²) in [6, 6.07) is 4.86. The van der Waals surface area contributed by atoms with E-state index in [-0.39, 0.29) is 12.0 Å². The standard InChI is InChI=1S/C20H18F3N3O3/c1-26-7-6-15(20(21,22)23)17(18(26)27)14-10-25-9-13-11(4-3-5-12(13)14)8-16(24)19(28)29-2/h3-7,9-10,16H,8,24H2,1-2H3/t16-/m0/s1. The van der Waals surface area contributed by atoms with Crippen LogP contribution in [0.2, 0.25) is 0 Å². The minimum absolute atomic E-state index is 0.0597. The normalized spacial score (nSPS) is 12.8. The molecule has 3 rings (SSSR count). The molecule has 3 aromatic rings. The average molecular weight is 405 g/mol.